The molecule has 0 amide bonds. The number of fused-ring (bicyclic) bond motifs is 1. The average molecular weight is 246 g/mol. The maximum atomic E-state index is 9.16. The number of anilines is 1. The summed E-state index contributed by atoms with van der Waals surface area (Å²) in [5, 5.41) is 9.16. The lowest BCUT2D eigenvalue weighted by Gasteiger charge is -2.27. The van der Waals surface area contributed by atoms with Gasteiger partial charge in [0.2, 0.25) is 0 Å². The molecule has 2 heteroatoms. The molecule has 0 bridgehead atoms. The molecular formula is C17H14N2. The first-order chi connectivity index (χ1) is 9.36. The molecule has 2 aromatic rings. The van der Waals surface area contributed by atoms with Gasteiger partial charge in [-0.2, -0.15) is 5.26 Å². The first-order valence-electron chi connectivity index (χ1n) is 6.36. The van der Waals surface area contributed by atoms with Crippen LogP contribution in [0.2, 0.25) is 0 Å². The Hall–Kier alpha value is -2.53. The number of para-hydroxylation sites is 1. The van der Waals surface area contributed by atoms with Crippen molar-refractivity contribution in [3.05, 3.63) is 77.5 Å². The number of benzene rings is 2. The molecular weight excluding hydrogens is 232 g/mol. The molecule has 0 unspecified atom stereocenters. The van der Waals surface area contributed by atoms with Gasteiger partial charge in [-0.05, 0) is 17.2 Å². The van der Waals surface area contributed by atoms with Crippen LogP contribution in [0.25, 0.3) is 0 Å². The molecule has 1 aliphatic heterocycles. The number of hydrogen-bond donors (Lipinski definition) is 0. The Bertz CT molecular complexity index is 650. The predicted octanol–water partition coefficient (Wildman–Crippen LogP) is 3.66. The number of nitrogens with zero attached hydrogens (tertiary/aromatic N) is 2. The van der Waals surface area contributed by atoms with Crippen LogP contribution in [0, 0.1) is 11.3 Å². The lowest BCUT2D eigenvalue weighted by atomic mass is 10.00. The number of rotatable bonds is 2. The summed E-state index contributed by atoms with van der Waals surface area (Å²) < 4.78 is 0. The van der Waals surface area contributed by atoms with Crippen molar-refractivity contribution in [3.8, 4) is 6.07 Å². The minimum absolute atomic E-state index is 0.734. The van der Waals surface area contributed by atoms with Crippen LogP contribution in [0.1, 0.15) is 11.1 Å². The summed E-state index contributed by atoms with van der Waals surface area (Å²) in [6.07, 6.45) is 2.70. The van der Waals surface area contributed by atoms with Crippen molar-refractivity contribution < 1.29 is 0 Å². The van der Waals surface area contributed by atoms with Crippen molar-refractivity contribution >= 4 is 5.69 Å². The third-order valence-corrected chi connectivity index (χ3v) is 3.33. The Morgan fingerprint density at radius 1 is 1.00 bits per heavy atom. The van der Waals surface area contributed by atoms with E-state index in [2.05, 4.69) is 35.2 Å². The third kappa shape index (κ3) is 2.36. The molecule has 0 saturated heterocycles. The van der Waals surface area contributed by atoms with Crippen LogP contribution in [0.5, 0.6) is 0 Å². The minimum Gasteiger partial charge on any atom is -0.342 e. The molecule has 1 aliphatic rings. The van der Waals surface area contributed by atoms with Crippen LogP contribution in [0.4, 0.5) is 5.69 Å². The van der Waals surface area contributed by atoms with E-state index in [9.17, 15) is 0 Å². The number of allylic oxidation sites excluding steroid dienone is 1. The lowest BCUT2D eigenvalue weighted by molar-refractivity contribution is 0.920. The van der Waals surface area contributed by atoms with Crippen LogP contribution in [-0.4, -0.2) is 0 Å². The summed E-state index contributed by atoms with van der Waals surface area (Å²) in [4.78, 5) is 2.16. The van der Waals surface area contributed by atoms with E-state index in [0.717, 1.165) is 18.5 Å². The highest BCUT2D eigenvalue weighted by molar-refractivity contribution is 5.62. The molecule has 92 valence electrons. The summed E-state index contributed by atoms with van der Waals surface area (Å²) in [6, 6.07) is 20.9. The topological polar surface area (TPSA) is 27.0 Å². The Balaban J connectivity index is 1.96. The summed E-state index contributed by atoms with van der Waals surface area (Å²) in [5.74, 6) is 0. The Labute approximate surface area is 113 Å². The average Bonchev–Trinajstić information content (AvgIpc) is 2.48. The van der Waals surface area contributed by atoms with E-state index in [1.54, 1.807) is 0 Å². The van der Waals surface area contributed by atoms with Gasteiger partial charge in [-0.3, -0.25) is 0 Å². The van der Waals surface area contributed by atoms with Crippen LogP contribution in [-0.2, 0) is 13.0 Å². The minimum atomic E-state index is 0.734. The molecule has 0 aromatic heterocycles. The molecule has 0 radical (unpaired) electrons. The van der Waals surface area contributed by atoms with Gasteiger partial charge in [-0.1, -0.05) is 48.5 Å². The second-order valence-electron chi connectivity index (χ2n) is 4.69. The van der Waals surface area contributed by atoms with Gasteiger partial charge in [0.1, 0.15) is 0 Å². The maximum Gasteiger partial charge on any atom is 0.0966 e. The standard InChI is InChI=1S/C17H14N2/c18-11-15-10-16-8-4-5-9-17(16)19(13-15)12-14-6-2-1-3-7-14/h1-9,13H,10,12H2. The van der Waals surface area contributed by atoms with E-state index in [1.807, 2.05) is 36.5 Å². The highest BCUT2D eigenvalue weighted by Gasteiger charge is 2.16. The van der Waals surface area contributed by atoms with Gasteiger partial charge in [0.25, 0.3) is 0 Å². The zero-order valence-corrected chi connectivity index (χ0v) is 10.6. The maximum absolute atomic E-state index is 9.16. The fourth-order valence-corrected chi connectivity index (χ4v) is 2.43. The van der Waals surface area contributed by atoms with Crippen LogP contribution in [0.15, 0.2) is 66.4 Å². The van der Waals surface area contributed by atoms with Gasteiger partial charge in [-0.25, -0.2) is 0 Å². The van der Waals surface area contributed by atoms with E-state index in [-0.39, 0.29) is 0 Å². The second-order valence-corrected chi connectivity index (χ2v) is 4.69. The third-order valence-electron chi connectivity index (χ3n) is 3.33. The van der Waals surface area contributed by atoms with Gasteiger partial charge < -0.3 is 4.90 Å². The van der Waals surface area contributed by atoms with Gasteiger partial charge in [-0.15, -0.1) is 0 Å². The van der Waals surface area contributed by atoms with Crippen molar-refractivity contribution in [2.24, 2.45) is 0 Å². The molecule has 0 spiro atoms. The number of hydrogen-bond acceptors (Lipinski definition) is 2. The molecule has 0 aliphatic carbocycles. The molecule has 0 atom stereocenters. The van der Waals surface area contributed by atoms with Gasteiger partial charge in [0.15, 0.2) is 0 Å². The Morgan fingerprint density at radius 2 is 1.74 bits per heavy atom. The van der Waals surface area contributed by atoms with Crippen LogP contribution in [0.3, 0.4) is 0 Å². The molecule has 0 N–H and O–H groups in total. The van der Waals surface area contributed by atoms with Crippen molar-refractivity contribution in [2.45, 2.75) is 13.0 Å². The summed E-state index contributed by atoms with van der Waals surface area (Å²) in [7, 11) is 0. The van der Waals surface area contributed by atoms with Crippen molar-refractivity contribution in [1.29, 1.82) is 5.26 Å². The van der Waals surface area contributed by atoms with E-state index in [0.29, 0.717) is 0 Å². The lowest BCUT2D eigenvalue weighted by Crippen LogP contribution is -2.21. The van der Waals surface area contributed by atoms with E-state index in [1.165, 1.54) is 16.8 Å². The molecule has 2 aromatic carbocycles. The van der Waals surface area contributed by atoms with Crippen molar-refractivity contribution in [2.75, 3.05) is 4.90 Å². The zero-order valence-electron chi connectivity index (χ0n) is 10.6. The molecule has 2 nitrogen and oxygen atoms in total. The highest BCUT2D eigenvalue weighted by atomic mass is 15.1. The largest absolute Gasteiger partial charge is 0.342 e. The van der Waals surface area contributed by atoms with Gasteiger partial charge in [0, 0.05) is 24.9 Å². The first kappa shape index (κ1) is 11.6. The molecule has 19 heavy (non-hydrogen) atoms. The van der Waals surface area contributed by atoms with E-state index >= 15 is 0 Å². The SMILES string of the molecule is N#CC1=CN(Cc2ccccc2)c2ccccc2C1. The van der Waals surface area contributed by atoms with Crippen molar-refractivity contribution in [3.63, 3.8) is 0 Å². The number of nitriles is 1. The molecule has 1 heterocycles. The van der Waals surface area contributed by atoms with Crippen LogP contribution >= 0.6 is 0 Å². The van der Waals surface area contributed by atoms with Gasteiger partial charge >= 0.3 is 0 Å². The zero-order chi connectivity index (χ0) is 13.1. The normalized spacial score (nSPS) is 13.4. The van der Waals surface area contributed by atoms with Gasteiger partial charge in [0.05, 0.1) is 11.6 Å². The highest BCUT2D eigenvalue weighted by Crippen LogP contribution is 2.29. The van der Waals surface area contributed by atoms with Crippen LogP contribution < -0.4 is 4.90 Å². The Morgan fingerprint density at radius 3 is 2.53 bits per heavy atom. The molecule has 0 saturated carbocycles. The summed E-state index contributed by atoms with van der Waals surface area (Å²) in [6.45, 7) is 0.795. The summed E-state index contributed by atoms with van der Waals surface area (Å²) in [5.41, 5.74) is 4.48. The fraction of sp³-hybridized carbons (Fsp3) is 0.118. The first-order valence-corrected chi connectivity index (χ1v) is 6.36. The molecule has 3 rings (SSSR count). The fourth-order valence-electron chi connectivity index (χ4n) is 2.43. The monoisotopic (exact) mass is 246 g/mol. The smallest absolute Gasteiger partial charge is 0.0966 e. The molecule has 0 fully saturated rings. The predicted molar refractivity (Wildman–Crippen MR) is 76.5 cm³/mol. The van der Waals surface area contributed by atoms with E-state index in [4.69, 9.17) is 5.26 Å². The summed E-state index contributed by atoms with van der Waals surface area (Å²) >= 11 is 0. The second kappa shape index (κ2) is 4.99. The van der Waals surface area contributed by atoms with Crippen molar-refractivity contribution in [1.82, 2.24) is 0 Å². The Kier molecular flexibility index (Phi) is 3.04. The quantitative estimate of drug-likeness (QED) is 0.808. The van der Waals surface area contributed by atoms with E-state index < -0.39 is 0 Å².